The number of halogens is 2. The van der Waals surface area contributed by atoms with E-state index in [2.05, 4.69) is 44.0 Å². The summed E-state index contributed by atoms with van der Waals surface area (Å²) in [5, 5.41) is 12.8. The Kier molecular flexibility index (Phi) is 4.43. The predicted molar refractivity (Wildman–Crippen MR) is 94.5 cm³/mol. The van der Waals surface area contributed by atoms with Gasteiger partial charge in [0, 0.05) is 15.4 Å². The van der Waals surface area contributed by atoms with Crippen LogP contribution >= 0.6 is 31.9 Å². The van der Waals surface area contributed by atoms with Crippen molar-refractivity contribution in [1.29, 1.82) is 0 Å². The second kappa shape index (κ2) is 6.30. The van der Waals surface area contributed by atoms with E-state index in [0.29, 0.717) is 6.42 Å². The molecule has 3 aromatic carbocycles. The Labute approximate surface area is 140 Å². The highest BCUT2D eigenvalue weighted by atomic mass is 79.9. The molecule has 0 radical (unpaired) electrons. The van der Waals surface area contributed by atoms with Crippen molar-refractivity contribution in [2.45, 2.75) is 12.5 Å². The van der Waals surface area contributed by atoms with Crippen LogP contribution in [-0.4, -0.2) is 5.11 Å². The van der Waals surface area contributed by atoms with E-state index in [0.717, 1.165) is 30.8 Å². The fourth-order valence-corrected chi connectivity index (χ4v) is 3.27. The zero-order chi connectivity index (χ0) is 14.8. The van der Waals surface area contributed by atoms with E-state index < -0.39 is 6.10 Å². The smallest absolute Gasteiger partial charge is 0.0836 e. The Morgan fingerprint density at radius 3 is 2.19 bits per heavy atom. The van der Waals surface area contributed by atoms with Crippen LogP contribution in [0.25, 0.3) is 10.8 Å². The predicted octanol–water partition coefficient (Wildman–Crippen LogP) is 5.64. The third-order valence-corrected chi connectivity index (χ3v) is 4.83. The highest BCUT2D eigenvalue weighted by molar-refractivity contribution is 9.11. The standard InChI is InChI=1S/C18H14Br2O/c19-13-7-5-12(6-8-13)11-18(21)16-9-10-17(20)15-4-2-1-3-14(15)16/h1-10,18,21H,11H2. The van der Waals surface area contributed by atoms with Gasteiger partial charge >= 0.3 is 0 Å². The summed E-state index contributed by atoms with van der Waals surface area (Å²) in [5.74, 6) is 0. The first-order valence-corrected chi connectivity index (χ1v) is 8.33. The number of aliphatic hydroxyl groups is 1. The van der Waals surface area contributed by atoms with Crippen LogP contribution in [0.1, 0.15) is 17.2 Å². The normalized spacial score (nSPS) is 12.5. The van der Waals surface area contributed by atoms with Crippen LogP contribution in [0.15, 0.2) is 69.6 Å². The first-order valence-electron chi connectivity index (χ1n) is 6.75. The minimum atomic E-state index is -0.510. The van der Waals surface area contributed by atoms with Crippen LogP contribution in [0, 0.1) is 0 Å². The molecule has 21 heavy (non-hydrogen) atoms. The Balaban J connectivity index is 1.96. The Morgan fingerprint density at radius 2 is 1.48 bits per heavy atom. The van der Waals surface area contributed by atoms with Crippen LogP contribution < -0.4 is 0 Å². The van der Waals surface area contributed by atoms with Gasteiger partial charge in [-0.25, -0.2) is 0 Å². The zero-order valence-corrected chi connectivity index (χ0v) is 14.4. The molecule has 0 aromatic heterocycles. The molecule has 0 amide bonds. The van der Waals surface area contributed by atoms with Crippen LogP contribution in [0.2, 0.25) is 0 Å². The fraction of sp³-hybridized carbons (Fsp3) is 0.111. The van der Waals surface area contributed by atoms with Gasteiger partial charge in [0.25, 0.3) is 0 Å². The summed E-state index contributed by atoms with van der Waals surface area (Å²) in [6.07, 6.45) is 0.100. The minimum absolute atomic E-state index is 0.510. The van der Waals surface area contributed by atoms with Crippen molar-refractivity contribution in [3.05, 3.63) is 80.7 Å². The minimum Gasteiger partial charge on any atom is -0.388 e. The number of hydrogen-bond acceptors (Lipinski definition) is 1. The molecule has 0 heterocycles. The molecule has 0 bridgehead atoms. The van der Waals surface area contributed by atoms with Crippen molar-refractivity contribution < 1.29 is 5.11 Å². The highest BCUT2D eigenvalue weighted by Crippen LogP contribution is 2.31. The summed E-state index contributed by atoms with van der Waals surface area (Å²) >= 11 is 7.00. The van der Waals surface area contributed by atoms with Crippen molar-refractivity contribution in [1.82, 2.24) is 0 Å². The number of benzene rings is 3. The molecule has 3 aromatic rings. The first-order chi connectivity index (χ1) is 10.1. The van der Waals surface area contributed by atoms with E-state index >= 15 is 0 Å². The first kappa shape index (κ1) is 14.8. The third kappa shape index (κ3) is 3.20. The van der Waals surface area contributed by atoms with Crippen molar-refractivity contribution in [3.63, 3.8) is 0 Å². The highest BCUT2D eigenvalue weighted by Gasteiger charge is 2.13. The van der Waals surface area contributed by atoms with Crippen LogP contribution in [-0.2, 0) is 6.42 Å². The number of rotatable bonds is 3. The van der Waals surface area contributed by atoms with Gasteiger partial charge in [0.1, 0.15) is 0 Å². The average Bonchev–Trinajstić information content (AvgIpc) is 2.50. The van der Waals surface area contributed by atoms with Crippen molar-refractivity contribution in [3.8, 4) is 0 Å². The molecular weight excluding hydrogens is 392 g/mol. The maximum Gasteiger partial charge on any atom is 0.0836 e. The van der Waals surface area contributed by atoms with E-state index in [1.54, 1.807) is 0 Å². The summed E-state index contributed by atoms with van der Waals surface area (Å²) in [4.78, 5) is 0. The third-order valence-electron chi connectivity index (χ3n) is 3.61. The van der Waals surface area contributed by atoms with E-state index in [-0.39, 0.29) is 0 Å². The van der Waals surface area contributed by atoms with Gasteiger partial charge in [-0.2, -0.15) is 0 Å². The molecule has 1 N–H and O–H groups in total. The van der Waals surface area contributed by atoms with Crippen LogP contribution in [0.4, 0.5) is 0 Å². The summed E-state index contributed by atoms with van der Waals surface area (Å²) in [7, 11) is 0. The summed E-state index contributed by atoms with van der Waals surface area (Å²) in [6, 6.07) is 20.2. The number of fused-ring (bicyclic) bond motifs is 1. The molecular formula is C18H14Br2O. The van der Waals surface area contributed by atoms with Crippen molar-refractivity contribution >= 4 is 42.6 Å². The van der Waals surface area contributed by atoms with Gasteiger partial charge in [-0.3, -0.25) is 0 Å². The van der Waals surface area contributed by atoms with Gasteiger partial charge in [-0.05, 0) is 40.1 Å². The SMILES string of the molecule is OC(Cc1ccc(Br)cc1)c1ccc(Br)c2ccccc12. The molecule has 0 spiro atoms. The average molecular weight is 406 g/mol. The van der Waals surface area contributed by atoms with Gasteiger partial charge in [-0.1, -0.05) is 74.3 Å². The molecule has 3 heteroatoms. The summed E-state index contributed by atoms with van der Waals surface area (Å²) < 4.78 is 2.10. The van der Waals surface area contributed by atoms with E-state index in [4.69, 9.17) is 0 Å². The lowest BCUT2D eigenvalue weighted by molar-refractivity contribution is 0.180. The number of hydrogen-bond donors (Lipinski definition) is 1. The Hall–Kier alpha value is -1.16. The monoisotopic (exact) mass is 404 g/mol. The lowest BCUT2D eigenvalue weighted by atomic mass is 9.96. The van der Waals surface area contributed by atoms with Gasteiger partial charge in [0.15, 0.2) is 0 Å². The second-order valence-electron chi connectivity index (χ2n) is 5.03. The van der Waals surface area contributed by atoms with E-state index in [1.165, 1.54) is 0 Å². The van der Waals surface area contributed by atoms with Crippen LogP contribution in [0.3, 0.4) is 0 Å². The van der Waals surface area contributed by atoms with Crippen molar-refractivity contribution in [2.75, 3.05) is 0 Å². The molecule has 1 unspecified atom stereocenters. The maximum absolute atomic E-state index is 10.6. The second-order valence-corrected chi connectivity index (χ2v) is 6.80. The lowest BCUT2D eigenvalue weighted by Crippen LogP contribution is -2.02. The molecule has 0 aliphatic carbocycles. The molecule has 3 rings (SSSR count). The molecule has 0 aliphatic heterocycles. The molecule has 106 valence electrons. The summed E-state index contributed by atoms with van der Waals surface area (Å²) in [6.45, 7) is 0. The van der Waals surface area contributed by atoms with Crippen LogP contribution in [0.5, 0.6) is 0 Å². The fourth-order valence-electron chi connectivity index (χ4n) is 2.53. The Morgan fingerprint density at radius 1 is 0.810 bits per heavy atom. The summed E-state index contributed by atoms with van der Waals surface area (Å²) in [5.41, 5.74) is 2.09. The van der Waals surface area contributed by atoms with Gasteiger partial charge in [0.05, 0.1) is 6.10 Å². The maximum atomic E-state index is 10.6. The zero-order valence-electron chi connectivity index (χ0n) is 11.3. The van der Waals surface area contributed by atoms with Gasteiger partial charge < -0.3 is 5.11 Å². The topological polar surface area (TPSA) is 20.2 Å². The van der Waals surface area contributed by atoms with E-state index in [1.807, 2.05) is 48.5 Å². The molecule has 0 aliphatic rings. The molecule has 0 saturated heterocycles. The van der Waals surface area contributed by atoms with Gasteiger partial charge in [-0.15, -0.1) is 0 Å². The molecule has 1 nitrogen and oxygen atoms in total. The Bertz CT molecular complexity index is 766. The number of aliphatic hydroxyl groups excluding tert-OH is 1. The van der Waals surface area contributed by atoms with E-state index in [9.17, 15) is 5.11 Å². The largest absolute Gasteiger partial charge is 0.388 e. The van der Waals surface area contributed by atoms with Gasteiger partial charge in [0.2, 0.25) is 0 Å². The molecule has 0 saturated carbocycles. The van der Waals surface area contributed by atoms with Crippen molar-refractivity contribution in [2.24, 2.45) is 0 Å². The quantitative estimate of drug-likeness (QED) is 0.597. The lowest BCUT2D eigenvalue weighted by Gasteiger charge is -2.15. The molecule has 0 fully saturated rings. The molecule has 1 atom stereocenters.